The third kappa shape index (κ3) is 3.28. The molecular weight excluding hydrogens is 309 g/mol. The Hall–Kier alpha value is -1.40. The zero-order chi connectivity index (χ0) is 12.3. The summed E-state index contributed by atoms with van der Waals surface area (Å²) >= 11 is 9.02. The monoisotopic (exact) mass is 315 g/mol. The molecule has 0 aliphatic rings. The van der Waals surface area contributed by atoms with Crippen LogP contribution in [0.3, 0.4) is 0 Å². The van der Waals surface area contributed by atoms with E-state index in [0.717, 1.165) is 4.47 Å². The van der Waals surface area contributed by atoms with Crippen LogP contribution in [0.15, 0.2) is 28.7 Å². The molecule has 7 heteroatoms. The molecule has 0 aliphatic carbocycles. The Morgan fingerprint density at radius 1 is 1.06 bits per heavy atom. The SMILES string of the molecule is COc1nc(Cl)nc(Oc2ccc(Br)cc2)n1. The number of hydrogen-bond donors (Lipinski definition) is 0. The van der Waals surface area contributed by atoms with Crippen LogP contribution in [0, 0.1) is 0 Å². The summed E-state index contributed by atoms with van der Waals surface area (Å²) in [5, 5.41) is 0.0176. The smallest absolute Gasteiger partial charge is 0.329 e. The summed E-state index contributed by atoms with van der Waals surface area (Å²) < 4.78 is 11.2. The van der Waals surface area contributed by atoms with Gasteiger partial charge in [-0.15, -0.1) is 4.98 Å². The van der Waals surface area contributed by atoms with Gasteiger partial charge in [0.1, 0.15) is 5.75 Å². The number of halogens is 2. The summed E-state index contributed by atoms with van der Waals surface area (Å²) in [6.45, 7) is 0. The molecule has 0 N–H and O–H groups in total. The van der Waals surface area contributed by atoms with Gasteiger partial charge < -0.3 is 9.47 Å². The Morgan fingerprint density at radius 3 is 2.35 bits per heavy atom. The maximum Gasteiger partial charge on any atom is 0.329 e. The molecule has 5 nitrogen and oxygen atoms in total. The van der Waals surface area contributed by atoms with Crippen molar-refractivity contribution in [2.24, 2.45) is 0 Å². The van der Waals surface area contributed by atoms with Crippen LogP contribution < -0.4 is 9.47 Å². The molecule has 0 radical (unpaired) electrons. The van der Waals surface area contributed by atoms with E-state index in [9.17, 15) is 0 Å². The van der Waals surface area contributed by atoms with E-state index in [1.165, 1.54) is 7.11 Å². The molecule has 0 aliphatic heterocycles. The van der Waals surface area contributed by atoms with E-state index in [1.807, 2.05) is 12.1 Å². The summed E-state index contributed by atoms with van der Waals surface area (Å²) in [4.78, 5) is 11.5. The highest BCUT2D eigenvalue weighted by molar-refractivity contribution is 9.10. The van der Waals surface area contributed by atoms with Crippen LogP contribution >= 0.6 is 27.5 Å². The highest BCUT2D eigenvalue weighted by Crippen LogP contribution is 2.22. The van der Waals surface area contributed by atoms with Crippen molar-refractivity contribution in [1.29, 1.82) is 0 Å². The second kappa shape index (κ2) is 5.29. The van der Waals surface area contributed by atoms with Crippen LogP contribution in [0.1, 0.15) is 0 Å². The van der Waals surface area contributed by atoms with E-state index in [4.69, 9.17) is 21.1 Å². The van der Waals surface area contributed by atoms with Crippen molar-refractivity contribution in [1.82, 2.24) is 15.0 Å². The second-order valence-electron chi connectivity index (χ2n) is 2.93. The van der Waals surface area contributed by atoms with Crippen molar-refractivity contribution in [2.75, 3.05) is 7.11 Å². The number of methoxy groups -OCH3 is 1. The molecule has 0 bridgehead atoms. The van der Waals surface area contributed by atoms with Gasteiger partial charge in [-0.3, -0.25) is 0 Å². The predicted octanol–water partition coefficient (Wildman–Crippen LogP) is 3.09. The van der Waals surface area contributed by atoms with Crippen molar-refractivity contribution >= 4 is 27.5 Å². The molecule has 0 saturated carbocycles. The number of aromatic nitrogens is 3. The summed E-state index contributed by atoms with van der Waals surface area (Å²) in [5.74, 6) is 0.595. The lowest BCUT2D eigenvalue weighted by Crippen LogP contribution is -1.98. The average molecular weight is 317 g/mol. The van der Waals surface area contributed by atoms with Gasteiger partial charge in [-0.1, -0.05) is 15.9 Å². The molecule has 0 atom stereocenters. The number of ether oxygens (including phenoxy) is 2. The van der Waals surface area contributed by atoms with Gasteiger partial charge in [-0.2, -0.15) is 9.97 Å². The lowest BCUT2D eigenvalue weighted by molar-refractivity contribution is 0.359. The average Bonchev–Trinajstić information content (AvgIpc) is 2.31. The molecule has 0 fully saturated rings. The quantitative estimate of drug-likeness (QED) is 0.871. The minimum Gasteiger partial charge on any atom is -0.467 e. The number of rotatable bonds is 3. The number of nitrogens with zero attached hydrogens (tertiary/aromatic N) is 3. The van der Waals surface area contributed by atoms with Gasteiger partial charge in [0.15, 0.2) is 0 Å². The van der Waals surface area contributed by atoms with Gasteiger partial charge in [0.2, 0.25) is 5.28 Å². The second-order valence-corrected chi connectivity index (χ2v) is 4.18. The molecule has 0 unspecified atom stereocenters. The minimum absolute atomic E-state index is 0.0176. The lowest BCUT2D eigenvalue weighted by atomic mass is 10.3. The van der Waals surface area contributed by atoms with Crippen LogP contribution in [0.5, 0.6) is 17.8 Å². The fourth-order valence-corrected chi connectivity index (χ4v) is 1.47. The van der Waals surface area contributed by atoms with E-state index < -0.39 is 0 Å². The number of benzene rings is 1. The highest BCUT2D eigenvalue weighted by Gasteiger charge is 2.07. The summed E-state index contributed by atoms with van der Waals surface area (Å²) in [6.07, 6.45) is 0. The Labute approximate surface area is 111 Å². The van der Waals surface area contributed by atoms with Gasteiger partial charge >= 0.3 is 12.0 Å². The maximum atomic E-state index is 5.69. The van der Waals surface area contributed by atoms with Crippen LogP contribution in [0.4, 0.5) is 0 Å². The Bertz CT molecular complexity index is 521. The van der Waals surface area contributed by atoms with E-state index in [2.05, 4.69) is 30.9 Å². The molecule has 0 spiro atoms. The first-order chi connectivity index (χ1) is 8.17. The van der Waals surface area contributed by atoms with Gasteiger partial charge in [-0.05, 0) is 35.9 Å². The molecule has 17 heavy (non-hydrogen) atoms. The van der Waals surface area contributed by atoms with Crippen molar-refractivity contribution < 1.29 is 9.47 Å². The van der Waals surface area contributed by atoms with Crippen LogP contribution in [0.25, 0.3) is 0 Å². The lowest BCUT2D eigenvalue weighted by Gasteiger charge is -2.04. The van der Waals surface area contributed by atoms with Crippen LogP contribution in [-0.4, -0.2) is 22.1 Å². The van der Waals surface area contributed by atoms with E-state index in [0.29, 0.717) is 5.75 Å². The van der Waals surface area contributed by atoms with Crippen molar-refractivity contribution in [3.8, 4) is 17.8 Å². The minimum atomic E-state index is 0.0176. The largest absolute Gasteiger partial charge is 0.467 e. The Morgan fingerprint density at radius 2 is 1.71 bits per heavy atom. The zero-order valence-corrected chi connectivity index (χ0v) is 11.1. The van der Waals surface area contributed by atoms with E-state index >= 15 is 0 Å². The normalized spacial score (nSPS) is 10.1. The molecule has 1 heterocycles. The molecule has 0 saturated heterocycles. The van der Waals surface area contributed by atoms with Crippen molar-refractivity contribution in [3.05, 3.63) is 34.0 Å². The van der Waals surface area contributed by atoms with E-state index in [1.54, 1.807) is 12.1 Å². The molecule has 2 rings (SSSR count). The topological polar surface area (TPSA) is 57.1 Å². The van der Waals surface area contributed by atoms with Crippen LogP contribution in [0.2, 0.25) is 5.28 Å². The van der Waals surface area contributed by atoms with Gasteiger partial charge in [0, 0.05) is 4.47 Å². The van der Waals surface area contributed by atoms with Gasteiger partial charge in [0.25, 0.3) is 0 Å². The summed E-state index contributed by atoms with van der Waals surface area (Å²) in [7, 11) is 1.44. The first-order valence-corrected chi connectivity index (χ1v) is 5.73. The third-order valence-corrected chi connectivity index (χ3v) is 2.47. The Kier molecular flexibility index (Phi) is 3.75. The molecular formula is C10H7BrClN3O2. The van der Waals surface area contributed by atoms with Crippen molar-refractivity contribution in [2.45, 2.75) is 0 Å². The maximum absolute atomic E-state index is 5.69. The van der Waals surface area contributed by atoms with Gasteiger partial charge in [-0.25, -0.2) is 0 Å². The highest BCUT2D eigenvalue weighted by atomic mass is 79.9. The van der Waals surface area contributed by atoms with E-state index in [-0.39, 0.29) is 17.3 Å². The molecule has 88 valence electrons. The number of hydrogen-bond acceptors (Lipinski definition) is 5. The summed E-state index contributed by atoms with van der Waals surface area (Å²) in [6, 6.07) is 7.43. The molecule has 1 aromatic heterocycles. The first-order valence-electron chi connectivity index (χ1n) is 4.56. The third-order valence-electron chi connectivity index (χ3n) is 1.77. The molecule has 2 aromatic rings. The van der Waals surface area contributed by atoms with Crippen LogP contribution in [-0.2, 0) is 0 Å². The molecule has 1 aromatic carbocycles. The fraction of sp³-hybridized carbons (Fsp3) is 0.100. The zero-order valence-electron chi connectivity index (χ0n) is 8.72. The first kappa shape index (κ1) is 12.1. The molecule has 0 amide bonds. The van der Waals surface area contributed by atoms with Crippen molar-refractivity contribution in [3.63, 3.8) is 0 Å². The standard InChI is InChI=1S/C10H7BrClN3O2/c1-16-9-13-8(12)14-10(15-9)17-7-4-2-6(11)3-5-7/h2-5H,1H3. The Balaban J connectivity index is 2.23. The van der Waals surface area contributed by atoms with Gasteiger partial charge in [0.05, 0.1) is 7.11 Å². The summed E-state index contributed by atoms with van der Waals surface area (Å²) in [5.41, 5.74) is 0. The predicted molar refractivity (Wildman–Crippen MR) is 65.6 cm³/mol. The fourth-order valence-electron chi connectivity index (χ4n) is 1.06.